The van der Waals surface area contributed by atoms with Crippen LogP contribution in [0.2, 0.25) is 0 Å². The molecule has 0 radical (unpaired) electrons. The van der Waals surface area contributed by atoms with E-state index in [4.69, 9.17) is 9.47 Å². The van der Waals surface area contributed by atoms with E-state index in [9.17, 15) is 14.7 Å². The number of nitrogens with zero attached hydrogens (tertiary/aromatic N) is 1. The molecule has 3 N–H and O–H groups in total. The first-order valence-corrected chi connectivity index (χ1v) is 9.34. The van der Waals surface area contributed by atoms with Gasteiger partial charge in [0, 0.05) is 5.56 Å². The average molecular weight is 413 g/mol. The van der Waals surface area contributed by atoms with Crippen LogP contribution in [-0.2, 0) is 0 Å². The van der Waals surface area contributed by atoms with Crippen molar-refractivity contribution >= 4 is 23.2 Å². The predicted molar refractivity (Wildman–Crippen MR) is 108 cm³/mol. The second kappa shape index (κ2) is 8.61. The summed E-state index contributed by atoms with van der Waals surface area (Å²) in [7, 11) is 3.10. The fourth-order valence-corrected chi connectivity index (χ4v) is 3.56. The number of phenols is 1. The van der Waals surface area contributed by atoms with E-state index in [0.29, 0.717) is 27.1 Å². The molecule has 0 bridgehead atoms. The highest BCUT2D eigenvalue weighted by Crippen LogP contribution is 2.34. The van der Waals surface area contributed by atoms with Gasteiger partial charge in [-0.1, -0.05) is 12.1 Å². The number of phenolic OH excluding ortho intramolecular Hbond substituents is 1. The highest BCUT2D eigenvalue weighted by molar-refractivity contribution is 7.17. The smallest absolute Gasteiger partial charge is 0.281 e. The zero-order chi connectivity index (χ0) is 21.0. The number of thiazole rings is 1. The SMILES string of the molecule is COc1ccc(-c2nc(C)c(C(=O)NNC(=O)c3ccccc3O)s2)cc1OC. The van der Waals surface area contributed by atoms with Crippen molar-refractivity contribution in [2.24, 2.45) is 0 Å². The summed E-state index contributed by atoms with van der Waals surface area (Å²) >= 11 is 1.18. The maximum absolute atomic E-state index is 12.5. The second-order valence-electron chi connectivity index (χ2n) is 5.93. The average Bonchev–Trinajstić information content (AvgIpc) is 3.13. The lowest BCUT2D eigenvalue weighted by Crippen LogP contribution is -2.41. The number of rotatable bonds is 5. The Balaban J connectivity index is 1.75. The van der Waals surface area contributed by atoms with E-state index in [1.54, 1.807) is 45.4 Å². The molecule has 0 unspecified atom stereocenters. The van der Waals surface area contributed by atoms with Crippen LogP contribution in [0.4, 0.5) is 0 Å². The minimum absolute atomic E-state index is 0.0554. The molecule has 29 heavy (non-hydrogen) atoms. The van der Waals surface area contributed by atoms with E-state index in [1.807, 2.05) is 6.07 Å². The molecular formula is C20H19N3O5S. The predicted octanol–water partition coefficient (Wildman–Crippen LogP) is 2.92. The molecule has 0 spiro atoms. The highest BCUT2D eigenvalue weighted by Gasteiger charge is 2.19. The molecule has 3 rings (SSSR count). The minimum Gasteiger partial charge on any atom is -0.507 e. The Hall–Kier alpha value is -3.59. The third-order valence-corrected chi connectivity index (χ3v) is 5.28. The number of benzene rings is 2. The quantitative estimate of drug-likeness (QED) is 0.555. The lowest BCUT2D eigenvalue weighted by atomic mass is 10.2. The molecule has 9 heteroatoms. The van der Waals surface area contributed by atoms with E-state index in [2.05, 4.69) is 15.8 Å². The van der Waals surface area contributed by atoms with Crippen LogP contribution >= 0.6 is 11.3 Å². The van der Waals surface area contributed by atoms with Gasteiger partial charge in [0.2, 0.25) is 0 Å². The first kappa shape index (κ1) is 20.2. The van der Waals surface area contributed by atoms with Crippen LogP contribution in [0.15, 0.2) is 42.5 Å². The van der Waals surface area contributed by atoms with Crippen LogP contribution in [0.3, 0.4) is 0 Å². The highest BCUT2D eigenvalue weighted by atomic mass is 32.1. The number of carbonyl (C=O) groups is 2. The van der Waals surface area contributed by atoms with Crippen LogP contribution in [0.25, 0.3) is 10.6 Å². The van der Waals surface area contributed by atoms with Crippen LogP contribution in [0.5, 0.6) is 17.2 Å². The number of aromatic nitrogens is 1. The lowest BCUT2D eigenvalue weighted by molar-refractivity contribution is 0.0846. The van der Waals surface area contributed by atoms with Gasteiger partial charge in [-0.3, -0.25) is 20.4 Å². The summed E-state index contributed by atoms with van der Waals surface area (Å²) in [5.41, 5.74) is 5.99. The monoisotopic (exact) mass is 413 g/mol. The number of carbonyl (C=O) groups excluding carboxylic acids is 2. The molecule has 0 aliphatic heterocycles. The number of ether oxygens (including phenoxy) is 2. The van der Waals surface area contributed by atoms with Gasteiger partial charge < -0.3 is 14.6 Å². The number of nitrogens with one attached hydrogen (secondary N) is 2. The van der Waals surface area contributed by atoms with Crippen molar-refractivity contribution in [3.8, 4) is 27.8 Å². The van der Waals surface area contributed by atoms with Gasteiger partial charge in [-0.05, 0) is 37.3 Å². The van der Waals surface area contributed by atoms with E-state index in [-0.39, 0.29) is 11.3 Å². The van der Waals surface area contributed by atoms with E-state index in [0.717, 1.165) is 5.56 Å². The number of hydrogen-bond acceptors (Lipinski definition) is 7. The first-order chi connectivity index (χ1) is 13.9. The van der Waals surface area contributed by atoms with E-state index < -0.39 is 11.8 Å². The Morgan fingerprint density at radius 3 is 2.38 bits per heavy atom. The number of hydrogen-bond donors (Lipinski definition) is 3. The Morgan fingerprint density at radius 1 is 1.00 bits per heavy atom. The molecule has 1 aromatic heterocycles. The Kier molecular flexibility index (Phi) is 5.99. The van der Waals surface area contributed by atoms with Crippen molar-refractivity contribution in [2.45, 2.75) is 6.92 Å². The maximum atomic E-state index is 12.5. The number of amides is 2. The van der Waals surface area contributed by atoms with Crippen LogP contribution in [-0.4, -0.2) is 36.1 Å². The molecule has 2 amide bonds. The van der Waals surface area contributed by atoms with Crippen molar-refractivity contribution < 1.29 is 24.2 Å². The molecule has 8 nitrogen and oxygen atoms in total. The standard InChI is InChI=1S/C20H19N3O5S/c1-11-17(19(26)23-22-18(25)13-6-4-5-7-14(13)24)29-20(21-11)12-8-9-15(27-2)16(10-12)28-3/h4-10,24H,1-3H3,(H,22,25)(H,23,26). The third-order valence-electron chi connectivity index (χ3n) is 4.07. The van der Waals surface area contributed by atoms with Gasteiger partial charge in [0.1, 0.15) is 15.6 Å². The Morgan fingerprint density at radius 2 is 1.69 bits per heavy atom. The molecule has 3 aromatic rings. The molecule has 0 aliphatic carbocycles. The van der Waals surface area contributed by atoms with Crippen molar-refractivity contribution in [1.82, 2.24) is 15.8 Å². The Bertz CT molecular complexity index is 1060. The molecule has 1 heterocycles. The van der Waals surface area contributed by atoms with Gasteiger partial charge in [0.25, 0.3) is 11.8 Å². The van der Waals surface area contributed by atoms with Gasteiger partial charge >= 0.3 is 0 Å². The summed E-state index contributed by atoms with van der Waals surface area (Å²) in [6.45, 7) is 1.71. The molecule has 0 saturated carbocycles. The van der Waals surface area contributed by atoms with Gasteiger partial charge in [-0.25, -0.2) is 4.98 Å². The molecule has 2 aromatic carbocycles. The van der Waals surface area contributed by atoms with Crippen molar-refractivity contribution in [1.29, 1.82) is 0 Å². The largest absolute Gasteiger partial charge is 0.507 e. The van der Waals surface area contributed by atoms with Gasteiger partial charge in [-0.2, -0.15) is 0 Å². The number of methoxy groups -OCH3 is 2. The van der Waals surface area contributed by atoms with Crippen molar-refractivity contribution in [3.05, 3.63) is 58.6 Å². The molecule has 0 aliphatic rings. The Labute approximate surface area is 171 Å². The van der Waals surface area contributed by atoms with Gasteiger partial charge in [0.15, 0.2) is 11.5 Å². The molecule has 0 saturated heterocycles. The maximum Gasteiger partial charge on any atom is 0.281 e. The minimum atomic E-state index is -0.626. The zero-order valence-corrected chi connectivity index (χ0v) is 16.8. The topological polar surface area (TPSA) is 110 Å². The summed E-state index contributed by atoms with van der Waals surface area (Å²) < 4.78 is 10.5. The number of para-hydroxylation sites is 1. The fraction of sp³-hybridized carbons (Fsp3) is 0.150. The third kappa shape index (κ3) is 4.30. The van der Waals surface area contributed by atoms with Crippen LogP contribution < -0.4 is 20.3 Å². The number of aromatic hydroxyl groups is 1. The van der Waals surface area contributed by atoms with E-state index in [1.165, 1.54) is 23.5 Å². The second-order valence-corrected chi connectivity index (χ2v) is 6.93. The van der Waals surface area contributed by atoms with Crippen LogP contribution in [0, 0.1) is 6.92 Å². The molecule has 150 valence electrons. The van der Waals surface area contributed by atoms with Crippen molar-refractivity contribution in [2.75, 3.05) is 14.2 Å². The summed E-state index contributed by atoms with van der Waals surface area (Å²) in [5, 5.41) is 10.3. The first-order valence-electron chi connectivity index (χ1n) is 8.53. The fourth-order valence-electron chi connectivity index (χ4n) is 2.60. The summed E-state index contributed by atoms with van der Waals surface area (Å²) in [6.07, 6.45) is 0. The summed E-state index contributed by atoms with van der Waals surface area (Å²) in [6, 6.07) is 11.4. The zero-order valence-electron chi connectivity index (χ0n) is 16.0. The summed E-state index contributed by atoms with van der Waals surface area (Å²) in [4.78, 5) is 29.4. The normalized spacial score (nSPS) is 10.3. The summed E-state index contributed by atoms with van der Waals surface area (Å²) in [5.74, 6) is -0.161. The molecule has 0 fully saturated rings. The molecular weight excluding hydrogens is 394 g/mol. The van der Waals surface area contributed by atoms with Gasteiger partial charge in [-0.15, -0.1) is 11.3 Å². The van der Waals surface area contributed by atoms with E-state index >= 15 is 0 Å². The number of aryl methyl sites for hydroxylation is 1. The number of hydrazine groups is 1. The lowest BCUT2D eigenvalue weighted by Gasteiger charge is -2.08. The van der Waals surface area contributed by atoms with Crippen LogP contribution in [0.1, 0.15) is 25.7 Å². The molecule has 0 atom stereocenters. The van der Waals surface area contributed by atoms with Crippen molar-refractivity contribution in [3.63, 3.8) is 0 Å². The van der Waals surface area contributed by atoms with Gasteiger partial charge in [0.05, 0.1) is 25.5 Å².